The second kappa shape index (κ2) is 2.70. The minimum Gasteiger partial charge on any atom is -0.297 e. The van der Waals surface area contributed by atoms with Crippen molar-refractivity contribution < 1.29 is 9.18 Å². The second-order valence-electron chi connectivity index (χ2n) is 2.66. The summed E-state index contributed by atoms with van der Waals surface area (Å²) in [6.07, 6.45) is 2.06. The molecule has 0 fully saturated rings. The zero-order chi connectivity index (χ0) is 8.48. The maximum atomic E-state index is 13.1. The molecule has 0 spiro atoms. The van der Waals surface area contributed by atoms with Gasteiger partial charge in [-0.3, -0.25) is 4.79 Å². The van der Waals surface area contributed by atoms with Crippen molar-refractivity contribution in [1.82, 2.24) is 4.98 Å². The lowest BCUT2D eigenvalue weighted by molar-refractivity contribution is 0.112. The highest BCUT2D eigenvalue weighted by molar-refractivity contribution is 7.13. The summed E-state index contributed by atoms with van der Waals surface area (Å²) in [6.45, 7) is 2.83. The van der Waals surface area contributed by atoms with Gasteiger partial charge in [-0.2, -0.15) is 0 Å². The molecule has 0 aliphatic rings. The Labute approximate surface area is 68.1 Å². The zero-order valence-electron chi connectivity index (χ0n) is 6.30. The summed E-state index contributed by atoms with van der Waals surface area (Å²) in [7, 11) is 0. The van der Waals surface area contributed by atoms with Crippen LogP contribution in [0.15, 0.2) is 6.20 Å². The van der Waals surface area contributed by atoms with Gasteiger partial charge in [0.2, 0.25) is 0 Å². The lowest BCUT2D eigenvalue weighted by atomic mass is 10.2. The van der Waals surface area contributed by atoms with E-state index in [9.17, 15) is 9.18 Å². The molecule has 4 heteroatoms. The molecule has 0 aliphatic heterocycles. The third-order valence-electron chi connectivity index (χ3n) is 1.15. The Balaban J connectivity index is 2.98. The Kier molecular flexibility index (Phi) is 2.04. The maximum absolute atomic E-state index is 13.1. The standard InChI is InChI=1S/C7H8FNOS/c1-7(2,8)6-9-3-5(4-10)11-6/h3-4H,1-2H3. The molecule has 0 atom stereocenters. The first-order valence-electron chi connectivity index (χ1n) is 3.14. The number of rotatable bonds is 2. The van der Waals surface area contributed by atoms with Crippen molar-refractivity contribution in [3.05, 3.63) is 16.1 Å². The van der Waals surface area contributed by atoms with Gasteiger partial charge in [0.25, 0.3) is 0 Å². The van der Waals surface area contributed by atoms with Gasteiger partial charge in [-0.25, -0.2) is 9.37 Å². The van der Waals surface area contributed by atoms with E-state index in [0.717, 1.165) is 11.3 Å². The Morgan fingerprint density at radius 3 is 2.64 bits per heavy atom. The monoisotopic (exact) mass is 173 g/mol. The first-order chi connectivity index (χ1) is 5.04. The highest BCUT2D eigenvalue weighted by atomic mass is 32.1. The Hall–Kier alpha value is -0.770. The van der Waals surface area contributed by atoms with Crippen LogP contribution in [-0.2, 0) is 5.67 Å². The lowest BCUT2D eigenvalue weighted by Crippen LogP contribution is -2.07. The van der Waals surface area contributed by atoms with Gasteiger partial charge in [-0.1, -0.05) is 0 Å². The van der Waals surface area contributed by atoms with Crippen LogP contribution in [0.5, 0.6) is 0 Å². The van der Waals surface area contributed by atoms with Gasteiger partial charge in [-0.05, 0) is 13.8 Å². The van der Waals surface area contributed by atoms with E-state index in [1.54, 1.807) is 0 Å². The average molecular weight is 173 g/mol. The number of carbonyl (C=O) groups excluding carboxylic acids is 1. The highest BCUT2D eigenvalue weighted by Crippen LogP contribution is 2.27. The fourth-order valence-corrected chi connectivity index (χ4v) is 1.34. The molecule has 60 valence electrons. The van der Waals surface area contributed by atoms with E-state index >= 15 is 0 Å². The maximum Gasteiger partial charge on any atom is 0.161 e. The Bertz CT molecular complexity index is 264. The second-order valence-corrected chi connectivity index (χ2v) is 3.72. The van der Waals surface area contributed by atoms with Crippen molar-refractivity contribution in [2.75, 3.05) is 0 Å². The topological polar surface area (TPSA) is 30.0 Å². The number of thiazole rings is 1. The normalized spacial score (nSPS) is 11.5. The molecule has 1 aromatic rings. The summed E-state index contributed by atoms with van der Waals surface area (Å²) in [5.41, 5.74) is -1.44. The third-order valence-corrected chi connectivity index (χ3v) is 2.37. The molecule has 0 N–H and O–H groups in total. The molecule has 0 bridgehead atoms. The van der Waals surface area contributed by atoms with Gasteiger partial charge in [0.1, 0.15) is 5.01 Å². The number of carbonyl (C=O) groups is 1. The van der Waals surface area contributed by atoms with Crippen LogP contribution in [0.3, 0.4) is 0 Å². The van der Waals surface area contributed by atoms with Crippen LogP contribution in [-0.4, -0.2) is 11.3 Å². The largest absolute Gasteiger partial charge is 0.297 e. The fraction of sp³-hybridized carbons (Fsp3) is 0.429. The van der Waals surface area contributed by atoms with Crippen LogP contribution in [0.2, 0.25) is 0 Å². The molecule has 0 aromatic carbocycles. The molecule has 0 radical (unpaired) electrons. The van der Waals surface area contributed by atoms with Crippen molar-refractivity contribution in [3.8, 4) is 0 Å². The summed E-state index contributed by atoms with van der Waals surface area (Å²) in [4.78, 5) is 14.4. The predicted octanol–water partition coefficient (Wildman–Crippen LogP) is 2.16. The molecular formula is C7H8FNOS. The SMILES string of the molecule is CC(C)(F)c1ncc(C=O)s1. The summed E-state index contributed by atoms with van der Waals surface area (Å²) >= 11 is 1.09. The third kappa shape index (κ3) is 1.83. The summed E-state index contributed by atoms with van der Waals surface area (Å²) in [5.74, 6) is 0. The lowest BCUT2D eigenvalue weighted by Gasteiger charge is -2.08. The van der Waals surface area contributed by atoms with E-state index < -0.39 is 5.67 Å². The fourth-order valence-electron chi connectivity index (χ4n) is 0.616. The van der Waals surface area contributed by atoms with E-state index in [2.05, 4.69) is 4.98 Å². The van der Waals surface area contributed by atoms with E-state index in [1.807, 2.05) is 0 Å². The van der Waals surface area contributed by atoms with Crippen molar-refractivity contribution in [2.45, 2.75) is 19.5 Å². The molecule has 1 aromatic heterocycles. The number of hydrogen-bond donors (Lipinski definition) is 0. The number of nitrogens with zero attached hydrogens (tertiary/aromatic N) is 1. The van der Waals surface area contributed by atoms with Crippen LogP contribution in [0.4, 0.5) is 4.39 Å². The minimum atomic E-state index is -1.44. The quantitative estimate of drug-likeness (QED) is 0.641. The predicted molar refractivity (Wildman–Crippen MR) is 41.6 cm³/mol. The molecule has 1 rings (SSSR count). The highest BCUT2D eigenvalue weighted by Gasteiger charge is 2.22. The summed E-state index contributed by atoms with van der Waals surface area (Å²) < 4.78 is 13.1. The van der Waals surface area contributed by atoms with E-state index in [1.165, 1.54) is 20.0 Å². The number of halogens is 1. The zero-order valence-corrected chi connectivity index (χ0v) is 7.11. The number of aldehydes is 1. The number of alkyl halides is 1. The Morgan fingerprint density at radius 1 is 1.73 bits per heavy atom. The summed E-state index contributed by atoms with van der Waals surface area (Å²) in [5, 5.41) is 0.347. The van der Waals surface area contributed by atoms with Gasteiger partial charge in [0.05, 0.1) is 4.88 Å². The van der Waals surface area contributed by atoms with Crippen LogP contribution in [0.25, 0.3) is 0 Å². The number of hydrogen-bond acceptors (Lipinski definition) is 3. The first kappa shape index (κ1) is 8.33. The molecular weight excluding hydrogens is 165 g/mol. The minimum absolute atomic E-state index is 0.347. The molecule has 11 heavy (non-hydrogen) atoms. The van der Waals surface area contributed by atoms with Crippen molar-refractivity contribution in [3.63, 3.8) is 0 Å². The van der Waals surface area contributed by atoms with Gasteiger partial charge in [0, 0.05) is 6.20 Å². The molecule has 0 saturated heterocycles. The van der Waals surface area contributed by atoms with Crippen LogP contribution < -0.4 is 0 Å². The summed E-state index contributed by atoms with van der Waals surface area (Å²) in [6, 6.07) is 0. The number of aromatic nitrogens is 1. The molecule has 0 amide bonds. The van der Waals surface area contributed by atoms with Crippen LogP contribution >= 0.6 is 11.3 Å². The Morgan fingerprint density at radius 2 is 2.36 bits per heavy atom. The van der Waals surface area contributed by atoms with Crippen LogP contribution in [0, 0.1) is 0 Å². The van der Waals surface area contributed by atoms with Crippen molar-refractivity contribution >= 4 is 17.6 Å². The molecule has 1 heterocycles. The molecule has 0 unspecified atom stereocenters. The van der Waals surface area contributed by atoms with E-state index in [-0.39, 0.29) is 0 Å². The van der Waals surface area contributed by atoms with E-state index in [4.69, 9.17) is 0 Å². The first-order valence-corrected chi connectivity index (χ1v) is 3.96. The molecule has 0 saturated carbocycles. The van der Waals surface area contributed by atoms with Crippen molar-refractivity contribution in [2.24, 2.45) is 0 Å². The molecule has 0 aliphatic carbocycles. The van der Waals surface area contributed by atoms with Gasteiger partial charge in [-0.15, -0.1) is 11.3 Å². The van der Waals surface area contributed by atoms with Gasteiger partial charge < -0.3 is 0 Å². The molecule has 2 nitrogen and oxygen atoms in total. The van der Waals surface area contributed by atoms with Crippen molar-refractivity contribution in [1.29, 1.82) is 0 Å². The van der Waals surface area contributed by atoms with Gasteiger partial charge >= 0.3 is 0 Å². The van der Waals surface area contributed by atoms with Crippen LogP contribution in [0.1, 0.15) is 28.5 Å². The average Bonchev–Trinajstić information content (AvgIpc) is 2.32. The smallest absolute Gasteiger partial charge is 0.161 e. The van der Waals surface area contributed by atoms with E-state index in [0.29, 0.717) is 16.2 Å². The van der Waals surface area contributed by atoms with Gasteiger partial charge in [0.15, 0.2) is 12.0 Å².